The summed E-state index contributed by atoms with van der Waals surface area (Å²) in [5, 5.41) is 0. The van der Waals surface area contributed by atoms with Crippen molar-refractivity contribution >= 4 is 6.29 Å². The Balaban J connectivity index is 3.04. The zero-order chi connectivity index (χ0) is 11.4. The van der Waals surface area contributed by atoms with E-state index in [0.29, 0.717) is 17.9 Å². The third kappa shape index (κ3) is 2.94. The molecule has 1 aromatic rings. The second-order valence-corrected chi connectivity index (χ2v) is 3.86. The highest BCUT2D eigenvalue weighted by Crippen LogP contribution is 2.24. The molecule has 0 bridgehead atoms. The van der Waals surface area contributed by atoms with Gasteiger partial charge in [0, 0.05) is 0 Å². The predicted molar refractivity (Wildman–Crippen MR) is 61.6 cm³/mol. The van der Waals surface area contributed by atoms with E-state index in [1.54, 1.807) is 0 Å². The standard InChI is InChI=1S/C13H16O2/c1-9(2)8-15-13-11(4)5-10(3)6-12(13)7-14/h5-7H,1,8H2,2-4H3. The van der Waals surface area contributed by atoms with Gasteiger partial charge in [-0.3, -0.25) is 4.79 Å². The minimum Gasteiger partial charge on any atom is -0.488 e. The summed E-state index contributed by atoms with van der Waals surface area (Å²) in [6, 6.07) is 3.83. The van der Waals surface area contributed by atoms with Crippen LogP contribution in [0.5, 0.6) is 5.75 Å². The molecule has 2 nitrogen and oxygen atoms in total. The summed E-state index contributed by atoms with van der Waals surface area (Å²) in [6.45, 7) is 10.0. The Morgan fingerprint density at radius 2 is 2.13 bits per heavy atom. The molecule has 0 heterocycles. The van der Waals surface area contributed by atoms with E-state index < -0.39 is 0 Å². The van der Waals surface area contributed by atoms with Crippen LogP contribution < -0.4 is 4.74 Å². The van der Waals surface area contributed by atoms with Crippen LogP contribution in [0.1, 0.15) is 28.4 Å². The second-order valence-electron chi connectivity index (χ2n) is 3.86. The molecule has 1 aromatic carbocycles. The van der Waals surface area contributed by atoms with E-state index in [-0.39, 0.29) is 0 Å². The summed E-state index contributed by atoms with van der Waals surface area (Å²) in [5.74, 6) is 0.665. The predicted octanol–water partition coefficient (Wildman–Crippen LogP) is 3.07. The van der Waals surface area contributed by atoms with E-state index >= 15 is 0 Å². The number of carbonyl (C=O) groups is 1. The normalized spacial score (nSPS) is 9.80. The maximum atomic E-state index is 10.9. The van der Waals surface area contributed by atoms with Crippen LogP contribution in [-0.4, -0.2) is 12.9 Å². The fourth-order valence-electron chi connectivity index (χ4n) is 1.47. The lowest BCUT2D eigenvalue weighted by atomic mass is 10.1. The van der Waals surface area contributed by atoms with Gasteiger partial charge >= 0.3 is 0 Å². The number of rotatable bonds is 4. The second kappa shape index (κ2) is 4.78. The van der Waals surface area contributed by atoms with Crippen LogP contribution in [0.15, 0.2) is 24.3 Å². The minimum atomic E-state index is 0.449. The van der Waals surface area contributed by atoms with Gasteiger partial charge in [-0.1, -0.05) is 12.6 Å². The number of benzene rings is 1. The van der Waals surface area contributed by atoms with Gasteiger partial charge in [0.2, 0.25) is 0 Å². The van der Waals surface area contributed by atoms with Crippen molar-refractivity contribution in [1.82, 2.24) is 0 Å². The van der Waals surface area contributed by atoms with Crippen molar-refractivity contribution in [3.05, 3.63) is 41.0 Å². The van der Waals surface area contributed by atoms with Crippen LogP contribution in [0.4, 0.5) is 0 Å². The zero-order valence-corrected chi connectivity index (χ0v) is 9.46. The van der Waals surface area contributed by atoms with Gasteiger partial charge in [-0.25, -0.2) is 0 Å². The van der Waals surface area contributed by atoms with E-state index in [4.69, 9.17) is 4.74 Å². The molecule has 0 aliphatic carbocycles. The van der Waals surface area contributed by atoms with Crippen LogP contribution in [-0.2, 0) is 0 Å². The van der Waals surface area contributed by atoms with Crippen LogP contribution in [0.25, 0.3) is 0 Å². The first-order valence-corrected chi connectivity index (χ1v) is 4.88. The molecular weight excluding hydrogens is 188 g/mol. The highest BCUT2D eigenvalue weighted by Gasteiger charge is 2.07. The summed E-state index contributed by atoms with van der Waals surface area (Å²) in [4.78, 5) is 10.9. The van der Waals surface area contributed by atoms with Crippen molar-refractivity contribution in [2.24, 2.45) is 0 Å². The lowest BCUT2D eigenvalue weighted by Gasteiger charge is -2.12. The molecule has 0 saturated heterocycles. The van der Waals surface area contributed by atoms with E-state index in [9.17, 15) is 4.79 Å². The molecule has 0 aliphatic heterocycles. The van der Waals surface area contributed by atoms with Gasteiger partial charge in [-0.2, -0.15) is 0 Å². The molecule has 0 unspecified atom stereocenters. The van der Waals surface area contributed by atoms with Gasteiger partial charge in [-0.05, 0) is 43.5 Å². The van der Waals surface area contributed by atoms with Gasteiger partial charge in [0.15, 0.2) is 6.29 Å². The fourth-order valence-corrected chi connectivity index (χ4v) is 1.47. The first kappa shape index (κ1) is 11.5. The SMILES string of the molecule is C=C(C)COc1c(C)cc(C)cc1C=O. The van der Waals surface area contributed by atoms with Gasteiger partial charge in [-0.15, -0.1) is 0 Å². The first-order chi connectivity index (χ1) is 7.04. The zero-order valence-electron chi connectivity index (χ0n) is 9.46. The summed E-state index contributed by atoms with van der Waals surface area (Å²) < 4.78 is 5.54. The Labute approximate surface area is 90.6 Å². The molecule has 0 atom stereocenters. The Hall–Kier alpha value is -1.57. The van der Waals surface area contributed by atoms with Crippen LogP contribution >= 0.6 is 0 Å². The molecule has 0 aromatic heterocycles. The molecule has 0 amide bonds. The molecular formula is C13H16O2. The molecule has 80 valence electrons. The number of carbonyl (C=O) groups excluding carboxylic acids is 1. The van der Waals surface area contributed by atoms with Crippen molar-refractivity contribution in [3.8, 4) is 5.75 Å². The molecule has 1 rings (SSSR count). The lowest BCUT2D eigenvalue weighted by Crippen LogP contribution is -2.02. The van der Waals surface area contributed by atoms with Crippen LogP contribution in [0.3, 0.4) is 0 Å². The van der Waals surface area contributed by atoms with Crippen molar-refractivity contribution in [3.63, 3.8) is 0 Å². The molecule has 0 spiro atoms. The van der Waals surface area contributed by atoms with E-state index in [2.05, 4.69) is 6.58 Å². The topological polar surface area (TPSA) is 26.3 Å². The van der Waals surface area contributed by atoms with Crippen molar-refractivity contribution in [2.45, 2.75) is 20.8 Å². The third-order valence-corrected chi connectivity index (χ3v) is 2.04. The van der Waals surface area contributed by atoms with E-state index in [0.717, 1.165) is 23.0 Å². The molecule has 15 heavy (non-hydrogen) atoms. The number of hydrogen-bond acceptors (Lipinski definition) is 2. The quantitative estimate of drug-likeness (QED) is 0.556. The highest BCUT2D eigenvalue weighted by molar-refractivity contribution is 5.80. The molecule has 0 aliphatic rings. The van der Waals surface area contributed by atoms with E-state index in [1.165, 1.54) is 0 Å². The molecule has 0 N–H and O–H groups in total. The lowest BCUT2D eigenvalue weighted by molar-refractivity contribution is 0.111. The summed E-state index contributed by atoms with van der Waals surface area (Å²) in [7, 11) is 0. The highest BCUT2D eigenvalue weighted by atomic mass is 16.5. The average Bonchev–Trinajstić information content (AvgIpc) is 2.14. The van der Waals surface area contributed by atoms with Gasteiger partial charge in [0.05, 0.1) is 5.56 Å². The monoisotopic (exact) mass is 204 g/mol. The fraction of sp³-hybridized carbons (Fsp3) is 0.308. The summed E-state index contributed by atoms with van der Waals surface area (Å²) >= 11 is 0. The molecule has 0 fully saturated rings. The summed E-state index contributed by atoms with van der Waals surface area (Å²) in [6.07, 6.45) is 0.827. The largest absolute Gasteiger partial charge is 0.488 e. The third-order valence-electron chi connectivity index (χ3n) is 2.04. The number of ether oxygens (including phenoxy) is 1. The van der Waals surface area contributed by atoms with E-state index in [1.807, 2.05) is 32.9 Å². The summed E-state index contributed by atoms with van der Waals surface area (Å²) in [5.41, 5.74) is 3.59. The van der Waals surface area contributed by atoms with Crippen LogP contribution in [0, 0.1) is 13.8 Å². The Bertz CT molecular complexity index is 392. The maximum Gasteiger partial charge on any atom is 0.153 e. The Kier molecular flexibility index (Phi) is 3.67. The van der Waals surface area contributed by atoms with Crippen molar-refractivity contribution in [2.75, 3.05) is 6.61 Å². The van der Waals surface area contributed by atoms with Crippen molar-refractivity contribution in [1.29, 1.82) is 0 Å². The average molecular weight is 204 g/mol. The first-order valence-electron chi connectivity index (χ1n) is 4.88. The van der Waals surface area contributed by atoms with Crippen molar-refractivity contribution < 1.29 is 9.53 Å². The number of aldehydes is 1. The number of aryl methyl sites for hydroxylation is 2. The van der Waals surface area contributed by atoms with Crippen LogP contribution in [0.2, 0.25) is 0 Å². The van der Waals surface area contributed by atoms with Gasteiger partial charge < -0.3 is 4.74 Å². The Morgan fingerprint density at radius 1 is 1.47 bits per heavy atom. The minimum absolute atomic E-state index is 0.449. The van der Waals surface area contributed by atoms with Gasteiger partial charge in [0.25, 0.3) is 0 Å². The molecule has 0 radical (unpaired) electrons. The molecule has 0 saturated carbocycles. The smallest absolute Gasteiger partial charge is 0.153 e. The molecule has 2 heteroatoms. The Morgan fingerprint density at radius 3 is 2.67 bits per heavy atom. The maximum absolute atomic E-state index is 10.9. The van der Waals surface area contributed by atoms with Gasteiger partial charge in [0.1, 0.15) is 12.4 Å². The number of hydrogen-bond donors (Lipinski definition) is 0.